The molecule has 6 aromatic carbocycles. The van der Waals surface area contributed by atoms with E-state index in [0.29, 0.717) is 0 Å². The van der Waals surface area contributed by atoms with E-state index in [1.165, 1.54) is 72.3 Å². The third-order valence-electron chi connectivity index (χ3n) is 9.28. The molecule has 0 bridgehead atoms. The summed E-state index contributed by atoms with van der Waals surface area (Å²) in [4.78, 5) is 2.55. The molecule has 0 radical (unpaired) electrons. The number of hydrogen-bond acceptors (Lipinski definition) is 1. The molecule has 1 unspecified atom stereocenters. The van der Waals surface area contributed by atoms with Crippen LogP contribution in [0.3, 0.4) is 0 Å². The zero-order chi connectivity index (χ0) is 29.0. The van der Waals surface area contributed by atoms with Crippen LogP contribution in [0, 0.1) is 0 Å². The first-order valence-corrected chi connectivity index (χ1v) is 15.4. The summed E-state index contributed by atoms with van der Waals surface area (Å²) in [7, 11) is 0. The summed E-state index contributed by atoms with van der Waals surface area (Å²) in [6, 6.07) is 55.3. The second-order valence-electron chi connectivity index (χ2n) is 11.7. The minimum Gasteiger partial charge on any atom is -0.333 e. The summed E-state index contributed by atoms with van der Waals surface area (Å²) in [5, 5.41) is 2.56. The quantitative estimate of drug-likeness (QED) is 0.207. The van der Waals surface area contributed by atoms with Crippen molar-refractivity contribution >= 4 is 44.3 Å². The van der Waals surface area contributed by atoms with Crippen molar-refractivity contribution in [3.8, 4) is 16.8 Å². The minimum atomic E-state index is 0.222. The van der Waals surface area contributed by atoms with E-state index < -0.39 is 0 Å². The molecule has 1 aliphatic carbocycles. The van der Waals surface area contributed by atoms with Gasteiger partial charge in [0.1, 0.15) is 0 Å². The van der Waals surface area contributed by atoms with Crippen LogP contribution in [0.2, 0.25) is 0 Å². The van der Waals surface area contributed by atoms with Gasteiger partial charge in [0, 0.05) is 39.0 Å². The van der Waals surface area contributed by atoms with E-state index >= 15 is 0 Å². The van der Waals surface area contributed by atoms with Gasteiger partial charge in [-0.3, -0.25) is 0 Å². The highest BCUT2D eigenvalue weighted by Gasteiger charge is 2.37. The number of benzene rings is 6. The molecule has 208 valence electrons. The molecule has 7 aromatic rings. The number of anilines is 2. The lowest BCUT2D eigenvalue weighted by Gasteiger charge is -2.30. The summed E-state index contributed by atoms with van der Waals surface area (Å²) in [6.07, 6.45) is 5.70. The summed E-state index contributed by atoms with van der Waals surface area (Å²) in [6.45, 7) is 0. The fourth-order valence-corrected chi connectivity index (χ4v) is 7.42. The highest BCUT2D eigenvalue weighted by molar-refractivity contribution is 6.16. The fraction of sp³-hybridized carbons (Fsp3) is 0.0476. The van der Waals surface area contributed by atoms with E-state index in [-0.39, 0.29) is 6.04 Å². The number of fused-ring (bicyclic) bond motifs is 6. The first-order chi connectivity index (χ1) is 21.9. The van der Waals surface area contributed by atoms with Gasteiger partial charge >= 0.3 is 0 Å². The topological polar surface area (TPSA) is 8.17 Å². The summed E-state index contributed by atoms with van der Waals surface area (Å²) in [5.74, 6) is 0. The van der Waals surface area contributed by atoms with Crippen LogP contribution in [-0.2, 0) is 0 Å². The van der Waals surface area contributed by atoms with Gasteiger partial charge in [0.2, 0.25) is 0 Å². The minimum absolute atomic E-state index is 0.222. The van der Waals surface area contributed by atoms with Crippen LogP contribution in [0.25, 0.3) is 49.8 Å². The van der Waals surface area contributed by atoms with E-state index in [1.54, 1.807) is 0 Å². The van der Waals surface area contributed by atoms with Crippen molar-refractivity contribution in [3.05, 3.63) is 175 Å². The van der Waals surface area contributed by atoms with Crippen LogP contribution in [0.15, 0.2) is 164 Å². The highest BCUT2D eigenvalue weighted by Crippen LogP contribution is 2.52. The van der Waals surface area contributed by atoms with E-state index in [9.17, 15) is 0 Å². The molecule has 0 spiro atoms. The molecule has 44 heavy (non-hydrogen) atoms. The molecule has 0 saturated carbocycles. The Morgan fingerprint density at radius 3 is 2.00 bits per heavy atom. The van der Waals surface area contributed by atoms with Crippen molar-refractivity contribution in [1.29, 1.82) is 0 Å². The Balaban J connectivity index is 1.27. The summed E-state index contributed by atoms with van der Waals surface area (Å²) >= 11 is 0. The van der Waals surface area contributed by atoms with Gasteiger partial charge in [-0.2, -0.15) is 0 Å². The Bertz CT molecular complexity index is 2240. The molecule has 9 rings (SSSR count). The molecule has 0 N–H and O–H groups in total. The Morgan fingerprint density at radius 2 is 1.16 bits per heavy atom. The SMILES string of the molecule is C1=CC(c2cccc3c4ccccc4n(-c4ccccc4)c23)=C2c3ccccc3N(c3ccc(-c4ccccc4)cc3)C2C1. The highest BCUT2D eigenvalue weighted by atomic mass is 15.2. The standard InChI is InChI=1S/C42H30N2/c1-3-13-29(14-4-1)30-25-27-32(28-26-30)43-39-23-10-8-18-37(39)41-34(19-12-24-40(41)43)36-21-11-20-35-33-17-7-9-22-38(33)44(42(35)36)31-15-5-2-6-16-31/h1-23,25-28,40H,24H2. The van der Waals surface area contributed by atoms with Gasteiger partial charge in [0.15, 0.2) is 0 Å². The van der Waals surface area contributed by atoms with Gasteiger partial charge < -0.3 is 9.47 Å². The number of allylic oxidation sites excluding steroid dienone is 2. The van der Waals surface area contributed by atoms with E-state index in [0.717, 1.165) is 6.42 Å². The van der Waals surface area contributed by atoms with Crippen molar-refractivity contribution in [2.24, 2.45) is 0 Å². The van der Waals surface area contributed by atoms with Crippen LogP contribution in [0.1, 0.15) is 17.5 Å². The molecule has 2 aliphatic rings. The van der Waals surface area contributed by atoms with Gasteiger partial charge in [0.05, 0.1) is 17.1 Å². The number of para-hydroxylation sites is 4. The van der Waals surface area contributed by atoms with Crippen molar-refractivity contribution < 1.29 is 0 Å². The lowest BCUT2D eigenvalue weighted by molar-refractivity contribution is 0.831. The van der Waals surface area contributed by atoms with Crippen LogP contribution < -0.4 is 4.90 Å². The predicted octanol–water partition coefficient (Wildman–Crippen LogP) is 10.8. The smallest absolute Gasteiger partial charge is 0.0639 e. The number of rotatable bonds is 4. The summed E-state index contributed by atoms with van der Waals surface area (Å²) in [5.41, 5.74) is 14.0. The van der Waals surface area contributed by atoms with Gasteiger partial charge in [-0.15, -0.1) is 0 Å². The van der Waals surface area contributed by atoms with E-state index in [1.807, 2.05) is 0 Å². The van der Waals surface area contributed by atoms with Crippen LogP contribution in [-0.4, -0.2) is 10.6 Å². The molecule has 0 saturated heterocycles. The van der Waals surface area contributed by atoms with Crippen LogP contribution >= 0.6 is 0 Å². The van der Waals surface area contributed by atoms with Crippen LogP contribution in [0.4, 0.5) is 11.4 Å². The molecule has 0 fully saturated rings. The monoisotopic (exact) mass is 562 g/mol. The summed E-state index contributed by atoms with van der Waals surface area (Å²) < 4.78 is 2.45. The normalized spacial score (nSPS) is 15.6. The van der Waals surface area contributed by atoms with Crippen molar-refractivity contribution in [2.45, 2.75) is 12.5 Å². The lowest BCUT2D eigenvalue weighted by Crippen LogP contribution is -2.27. The maximum Gasteiger partial charge on any atom is 0.0639 e. The van der Waals surface area contributed by atoms with Gasteiger partial charge in [-0.1, -0.05) is 127 Å². The second kappa shape index (κ2) is 10.00. The van der Waals surface area contributed by atoms with Gasteiger partial charge in [-0.25, -0.2) is 0 Å². The molecule has 2 nitrogen and oxygen atoms in total. The van der Waals surface area contributed by atoms with Gasteiger partial charge in [0.25, 0.3) is 0 Å². The molecular weight excluding hydrogens is 532 g/mol. The average molecular weight is 563 g/mol. The van der Waals surface area contributed by atoms with Crippen LogP contribution in [0.5, 0.6) is 0 Å². The zero-order valence-corrected chi connectivity index (χ0v) is 24.3. The number of aromatic nitrogens is 1. The van der Waals surface area contributed by atoms with Crippen molar-refractivity contribution in [1.82, 2.24) is 4.57 Å². The zero-order valence-electron chi connectivity index (χ0n) is 24.3. The largest absolute Gasteiger partial charge is 0.333 e. The first-order valence-electron chi connectivity index (χ1n) is 15.4. The third kappa shape index (κ3) is 3.74. The van der Waals surface area contributed by atoms with Crippen molar-refractivity contribution in [3.63, 3.8) is 0 Å². The van der Waals surface area contributed by atoms with Crippen molar-refractivity contribution in [2.75, 3.05) is 4.90 Å². The fourth-order valence-electron chi connectivity index (χ4n) is 7.42. The molecular formula is C42H30N2. The number of hydrogen-bond donors (Lipinski definition) is 0. The predicted molar refractivity (Wildman–Crippen MR) is 186 cm³/mol. The van der Waals surface area contributed by atoms with Gasteiger partial charge in [-0.05, 0) is 65.1 Å². The first kappa shape index (κ1) is 24.9. The Morgan fingerprint density at radius 1 is 0.500 bits per heavy atom. The molecule has 2 heteroatoms. The molecule has 2 heterocycles. The second-order valence-corrected chi connectivity index (χ2v) is 11.7. The third-order valence-corrected chi connectivity index (χ3v) is 9.28. The Hall–Kier alpha value is -5.60. The molecule has 1 atom stereocenters. The number of nitrogens with zero attached hydrogens (tertiary/aromatic N) is 2. The van der Waals surface area contributed by atoms with E-state index in [4.69, 9.17) is 0 Å². The molecule has 0 amide bonds. The lowest BCUT2D eigenvalue weighted by atomic mass is 9.86. The Labute approximate surface area is 257 Å². The Kier molecular flexibility index (Phi) is 5.67. The molecule has 1 aliphatic heterocycles. The average Bonchev–Trinajstić information content (AvgIpc) is 3.62. The maximum atomic E-state index is 2.55. The maximum absolute atomic E-state index is 2.55. The molecule has 1 aromatic heterocycles. The van der Waals surface area contributed by atoms with E-state index in [2.05, 4.69) is 173 Å².